The number of esters is 1. The van der Waals surface area contributed by atoms with E-state index in [9.17, 15) is 9.90 Å². The average molecular weight is 745 g/mol. The first kappa shape index (κ1) is 51.6. The molecule has 0 rings (SSSR count). The van der Waals surface area contributed by atoms with Crippen LogP contribution < -0.4 is 0 Å². The van der Waals surface area contributed by atoms with Crippen molar-refractivity contribution in [2.75, 3.05) is 19.8 Å². The van der Waals surface area contributed by atoms with Crippen LogP contribution in [0.25, 0.3) is 0 Å². The number of allylic oxidation sites excluding steroid dienone is 6. The summed E-state index contributed by atoms with van der Waals surface area (Å²) in [6.45, 7) is 5.24. The summed E-state index contributed by atoms with van der Waals surface area (Å²) in [4.78, 5) is 12.2. The minimum atomic E-state index is -0.539. The topological polar surface area (TPSA) is 55.8 Å². The molecule has 0 aromatic heterocycles. The minimum Gasteiger partial charge on any atom is -0.457 e. The zero-order valence-corrected chi connectivity index (χ0v) is 35.8. The number of aliphatic hydroxyl groups is 1. The van der Waals surface area contributed by atoms with Crippen molar-refractivity contribution in [3.05, 3.63) is 36.5 Å². The highest BCUT2D eigenvalue weighted by Crippen LogP contribution is 2.16. The van der Waals surface area contributed by atoms with Crippen LogP contribution in [0.4, 0.5) is 0 Å². The number of aliphatic hydroxyl groups excluding tert-OH is 1. The maximum Gasteiger partial charge on any atom is 0.306 e. The Bertz CT molecular complexity index is 787. The fraction of sp³-hybridized carbons (Fsp3) is 0.857. The lowest BCUT2D eigenvalue weighted by molar-refractivity contribution is -0.154. The molecule has 0 aliphatic rings. The summed E-state index contributed by atoms with van der Waals surface area (Å²) in [5, 5.41) is 9.62. The number of rotatable bonds is 44. The molecule has 0 aliphatic carbocycles. The average Bonchev–Trinajstić information content (AvgIpc) is 3.16. The molecule has 1 unspecified atom stereocenters. The van der Waals surface area contributed by atoms with Crippen molar-refractivity contribution in [2.45, 2.75) is 251 Å². The molecule has 0 saturated heterocycles. The number of unbranched alkanes of at least 4 members (excludes halogenated alkanes) is 30. The third kappa shape index (κ3) is 44.9. The van der Waals surface area contributed by atoms with Crippen LogP contribution in [0.3, 0.4) is 0 Å². The summed E-state index contributed by atoms with van der Waals surface area (Å²) in [5.74, 6) is -0.201. The lowest BCUT2D eigenvalue weighted by atomic mass is 10.0. The number of carbonyl (C=O) groups is 1. The van der Waals surface area contributed by atoms with E-state index in [1.807, 2.05) is 0 Å². The van der Waals surface area contributed by atoms with Crippen LogP contribution in [0.1, 0.15) is 245 Å². The van der Waals surface area contributed by atoms with Gasteiger partial charge in [0.25, 0.3) is 0 Å². The Morgan fingerprint density at radius 3 is 1.28 bits per heavy atom. The molecular formula is C49H92O4. The van der Waals surface area contributed by atoms with Crippen LogP contribution in [0.2, 0.25) is 0 Å². The Hall–Kier alpha value is -1.39. The Balaban J connectivity index is 3.37. The number of ether oxygens (including phenoxy) is 2. The van der Waals surface area contributed by atoms with E-state index in [1.165, 1.54) is 180 Å². The van der Waals surface area contributed by atoms with Crippen molar-refractivity contribution < 1.29 is 19.4 Å². The predicted molar refractivity (Wildman–Crippen MR) is 233 cm³/mol. The van der Waals surface area contributed by atoms with Gasteiger partial charge in [-0.3, -0.25) is 4.79 Å². The number of carbonyl (C=O) groups excluding carboxylic acids is 1. The van der Waals surface area contributed by atoms with Gasteiger partial charge in [0.2, 0.25) is 0 Å². The lowest BCUT2D eigenvalue weighted by Crippen LogP contribution is -2.27. The molecule has 0 saturated carbocycles. The smallest absolute Gasteiger partial charge is 0.306 e. The van der Waals surface area contributed by atoms with Crippen LogP contribution in [-0.4, -0.2) is 37.0 Å². The maximum absolute atomic E-state index is 12.2. The van der Waals surface area contributed by atoms with E-state index in [-0.39, 0.29) is 12.6 Å². The molecule has 312 valence electrons. The van der Waals surface area contributed by atoms with Gasteiger partial charge in [0.15, 0.2) is 0 Å². The van der Waals surface area contributed by atoms with Crippen molar-refractivity contribution in [1.82, 2.24) is 0 Å². The highest BCUT2D eigenvalue weighted by atomic mass is 16.6. The van der Waals surface area contributed by atoms with Gasteiger partial charge in [0.05, 0.1) is 13.2 Å². The molecule has 0 heterocycles. The van der Waals surface area contributed by atoms with E-state index in [1.54, 1.807) is 0 Å². The summed E-state index contributed by atoms with van der Waals surface area (Å²) in [7, 11) is 0. The summed E-state index contributed by atoms with van der Waals surface area (Å²) in [6.07, 6.45) is 59.4. The van der Waals surface area contributed by atoms with Gasteiger partial charge in [-0.25, -0.2) is 0 Å². The zero-order valence-electron chi connectivity index (χ0n) is 35.8. The van der Waals surface area contributed by atoms with Gasteiger partial charge in [-0.05, 0) is 44.9 Å². The van der Waals surface area contributed by atoms with Crippen LogP contribution in [0.15, 0.2) is 36.5 Å². The van der Waals surface area contributed by atoms with Crippen molar-refractivity contribution in [3.63, 3.8) is 0 Å². The number of hydrogen-bond acceptors (Lipinski definition) is 4. The van der Waals surface area contributed by atoms with Crippen LogP contribution in [-0.2, 0) is 14.3 Å². The lowest BCUT2D eigenvalue weighted by Gasteiger charge is -2.15. The van der Waals surface area contributed by atoms with Gasteiger partial charge in [-0.1, -0.05) is 230 Å². The second-order valence-corrected chi connectivity index (χ2v) is 15.8. The highest BCUT2D eigenvalue weighted by Gasteiger charge is 2.13. The first-order chi connectivity index (χ1) is 26.2. The van der Waals surface area contributed by atoms with E-state index in [2.05, 4.69) is 50.3 Å². The van der Waals surface area contributed by atoms with E-state index in [0.717, 1.165) is 44.9 Å². The molecule has 0 amide bonds. The molecule has 0 aromatic carbocycles. The third-order valence-electron chi connectivity index (χ3n) is 10.5. The van der Waals surface area contributed by atoms with E-state index in [0.29, 0.717) is 19.6 Å². The Labute approximate surface area is 331 Å². The van der Waals surface area contributed by atoms with Crippen LogP contribution in [0, 0.1) is 0 Å². The van der Waals surface area contributed by atoms with Gasteiger partial charge in [-0.15, -0.1) is 0 Å². The maximum atomic E-state index is 12.2. The molecule has 0 aromatic rings. The summed E-state index contributed by atoms with van der Waals surface area (Å²) in [5.41, 5.74) is 0. The minimum absolute atomic E-state index is 0.174. The normalized spacial score (nSPS) is 12.6. The van der Waals surface area contributed by atoms with Crippen LogP contribution >= 0.6 is 0 Å². The zero-order chi connectivity index (χ0) is 38.4. The largest absolute Gasteiger partial charge is 0.457 e. The van der Waals surface area contributed by atoms with Crippen LogP contribution in [0.5, 0.6) is 0 Å². The molecule has 1 N–H and O–H groups in total. The molecule has 1 atom stereocenters. The molecule has 0 fully saturated rings. The Morgan fingerprint density at radius 1 is 0.472 bits per heavy atom. The molecule has 0 spiro atoms. The van der Waals surface area contributed by atoms with E-state index in [4.69, 9.17) is 9.47 Å². The van der Waals surface area contributed by atoms with Gasteiger partial charge in [-0.2, -0.15) is 0 Å². The quantitative estimate of drug-likeness (QED) is 0.0383. The van der Waals surface area contributed by atoms with Crippen molar-refractivity contribution in [3.8, 4) is 0 Å². The molecule has 4 nitrogen and oxygen atoms in total. The fourth-order valence-electron chi connectivity index (χ4n) is 6.99. The van der Waals surface area contributed by atoms with Crippen molar-refractivity contribution in [2.24, 2.45) is 0 Å². The monoisotopic (exact) mass is 745 g/mol. The molecule has 4 heteroatoms. The van der Waals surface area contributed by atoms with E-state index >= 15 is 0 Å². The van der Waals surface area contributed by atoms with Crippen molar-refractivity contribution >= 4 is 5.97 Å². The first-order valence-corrected chi connectivity index (χ1v) is 23.6. The predicted octanol–water partition coefficient (Wildman–Crippen LogP) is 15.7. The summed E-state index contributed by atoms with van der Waals surface area (Å²) < 4.78 is 11.2. The van der Waals surface area contributed by atoms with Gasteiger partial charge >= 0.3 is 5.97 Å². The fourth-order valence-corrected chi connectivity index (χ4v) is 6.99. The second kappa shape index (κ2) is 46.8. The van der Waals surface area contributed by atoms with Crippen molar-refractivity contribution in [1.29, 1.82) is 0 Å². The Morgan fingerprint density at radius 2 is 0.849 bits per heavy atom. The summed E-state index contributed by atoms with van der Waals surface area (Å²) >= 11 is 0. The Kier molecular flexibility index (Phi) is 45.5. The standard InChI is InChI=1S/C49H92O4/c1-3-5-7-9-11-13-15-17-19-21-22-23-24-25-26-27-28-29-30-32-34-36-38-40-42-44-49(51)53-48(46-50)47-52-45-43-41-39-37-35-33-31-20-18-16-14-12-10-8-6-4-2/h6,8,12,14,18,20,48,50H,3-5,7,9-11,13,15-17,19,21-47H2,1-2H3/b8-6-,14-12-,20-18-. The summed E-state index contributed by atoms with van der Waals surface area (Å²) in [6, 6.07) is 0. The van der Waals surface area contributed by atoms with Gasteiger partial charge in [0.1, 0.15) is 6.10 Å². The molecule has 0 radical (unpaired) electrons. The molecule has 0 bridgehead atoms. The SMILES string of the molecule is CC/C=C\C/C=C\C/C=C\CCCCCCCCOCC(CO)OC(=O)CCCCCCCCCCCCCCCCCCCCCCCCCCC. The molecule has 0 aliphatic heterocycles. The highest BCUT2D eigenvalue weighted by molar-refractivity contribution is 5.69. The van der Waals surface area contributed by atoms with Gasteiger partial charge in [0, 0.05) is 13.0 Å². The third-order valence-corrected chi connectivity index (χ3v) is 10.5. The van der Waals surface area contributed by atoms with Gasteiger partial charge < -0.3 is 14.6 Å². The molecular weight excluding hydrogens is 653 g/mol. The van der Waals surface area contributed by atoms with E-state index < -0.39 is 6.10 Å². The molecule has 53 heavy (non-hydrogen) atoms. The first-order valence-electron chi connectivity index (χ1n) is 23.6. The second-order valence-electron chi connectivity index (χ2n) is 15.8. The number of hydrogen-bond donors (Lipinski definition) is 1.